The van der Waals surface area contributed by atoms with Crippen molar-refractivity contribution < 1.29 is 0 Å². The minimum Gasteiger partial charge on any atom is -0.386 e. The van der Waals surface area contributed by atoms with E-state index in [0.29, 0.717) is 6.04 Å². The number of likely N-dealkylation sites (tertiary alicyclic amines) is 2. The molecule has 0 radical (unpaired) electrons. The lowest BCUT2D eigenvalue weighted by molar-refractivity contribution is 0.183. The summed E-state index contributed by atoms with van der Waals surface area (Å²) in [6.07, 6.45) is 5.63. The average Bonchev–Trinajstić information content (AvgIpc) is 2.98. The van der Waals surface area contributed by atoms with Crippen LogP contribution in [0.5, 0.6) is 0 Å². The Morgan fingerprint density at radius 2 is 2.00 bits per heavy atom. The molecule has 5 nitrogen and oxygen atoms in total. The van der Waals surface area contributed by atoms with Gasteiger partial charge in [0.05, 0.1) is 12.1 Å². The fourth-order valence-corrected chi connectivity index (χ4v) is 3.24. The van der Waals surface area contributed by atoms with E-state index < -0.39 is 0 Å². The van der Waals surface area contributed by atoms with Gasteiger partial charge in [-0.1, -0.05) is 19.7 Å². The largest absolute Gasteiger partial charge is 0.386 e. The van der Waals surface area contributed by atoms with E-state index in [2.05, 4.69) is 45.5 Å². The molecular weight excluding hydrogens is 286 g/mol. The van der Waals surface area contributed by atoms with Crippen LogP contribution in [0.2, 0.25) is 0 Å². The fourth-order valence-electron chi connectivity index (χ4n) is 3.24. The summed E-state index contributed by atoms with van der Waals surface area (Å²) in [5, 5.41) is 10.3. The van der Waals surface area contributed by atoms with Crippen molar-refractivity contribution in [1.29, 1.82) is 0 Å². The highest BCUT2D eigenvalue weighted by atomic mass is 15.2. The highest BCUT2D eigenvalue weighted by molar-refractivity contribution is 5.11. The van der Waals surface area contributed by atoms with Crippen LogP contribution in [0.1, 0.15) is 19.3 Å². The lowest BCUT2D eigenvalue weighted by Crippen LogP contribution is -2.46. The summed E-state index contributed by atoms with van der Waals surface area (Å²) in [6.45, 7) is 18.7. The van der Waals surface area contributed by atoms with Gasteiger partial charge in [0.15, 0.2) is 0 Å². The Morgan fingerprint density at radius 1 is 1.22 bits per heavy atom. The second-order valence-corrected chi connectivity index (χ2v) is 6.47. The Labute approximate surface area is 141 Å². The van der Waals surface area contributed by atoms with Crippen LogP contribution in [-0.4, -0.2) is 68.2 Å². The highest BCUT2D eigenvalue weighted by Gasteiger charge is 2.24. The maximum absolute atomic E-state index is 4.22. The van der Waals surface area contributed by atoms with E-state index in [1.165, 1.54) is 25.9 Å². The summed E-state index contributed by atoms with van der Waals surface area (Å²) in [6, 6.07) is 0.569. The molecule has 2 aliphatic rings. The Bertz CT molecular complexity index is 416. The normalized spacial score (nSPS) is 22.3. The zero-order chi connectivity index (χ0) is 16.7. The van der Waals surface area contributed by atoms with Crippen molar-refractivity contribution in [1.82, 2.24) is 25.8 Å². The molecule has 0 spiro atoms. The summed E-state index contributed by atoms with van der Waals surface area (Å²) in [4.78, 5) is 4.72. The van der Waals surface area contributed by atoms with Gasteiger partial charge in [0, 0.05) is 37.6 Å². The molecule has 5 heteroatoms. The molecule has 2 rings (SSSR count). The van der Waals surface area contributed by atoms with Gasteiger partial charge in [-0.25, -0.2) is 0 Å². The molecule has 0 aromatic heterocycles. The van der Waals surface area contributed by atoms with Gasteiger partial charge < -0.3 is 25.8 Å². The van der Waals surface area contributed by atoms with Crippen molar-refractivity contribution in [2.45, 2.75) is 31.3 Å². The Hall–Kier alpha value is -1.46. The molecule has 0 aromatic rings. The number of rotatable bonds is 11. The first kappa shape index (κ1) is 17.9. The monoisotopic (exact) mass is 319 g/mol. The molecule has 0 saturated carbocycles. The molecule has 3 N–H and O–H groups in total. The average molecular weight is 319 g/mol. The van der Waals surface area contributed by atoms with Gasteiger partial charge >= 0.3 is 0 Å². The van der Waals surface area contributed by atoms with Crippen LogP contribution >= 0.6 is 0 Å². The van der Waals surface area contributed by atoms with Crippen LogP contribution in [0.3, 0.4) is 0 Å². The maximum atomic E-state index is 4.22. The fraction of sp³-hybridized carbons (Fsp3) is 0.667. The minimum absolute atomic E-state index is 0.196. The third-order valence-electron chi connectivity index (χ3n) is 4.96. The number of hydrogen-bond acceptors (Lipinski definition) is 5. The zero-order valence-electron chi connectivity index (χ0n) is 14.6. The van der Waals surface area contributed by atoms with Crippen LogP contribution in [0.15, 0.2) is 37.3 Å². The number of nitrogens with zero attached hydrogens (tertiary/aromatic N) is 2. The van der Waals surface area contributed by atoms with Crippen LogP contribution < -0.4 is 16.0 Å². The molecule has 130 valence electrons. The van der Waals surface area contributed by atoms with E-state index >= 15 is 0 Å². The lowest BCUT2D eigenvalue weighted by atomic mass is 10.1. The molecule has 2 fully saturated rings. The molecule has 0 amide bonds. The van der Waals surface area contributed by atoms with Gasteiger partial charge in [0.1, 0.15) is 0 Å². The summed E-state index contributed by atoms with van der Waals surface area (Å²) in [7, 11) is 1.98. The molecule has 2 aliphatic heterocycles. The third kappa shape index (κ3) is 5.01. The first-order valence-electron chi connectivity index (χ1n) is 8.79. The quantitative estimate of drug-likeness (QED) is 0.532. The first-order chi connectivity index (χ1) is 11.2. The molecule has 0 bridgehead atoms. The third-order valence-corrected chi connectivity index (χ3v) is 4.96. The standard InChI is InChI=1S/C18H33N5/c1-5-23-12-6-8-18(23)16(3)21-14-17(19-4)15(2)20-9-13-22-10-7-11-22/h5,17-21H,1-3,6-14H2,4H3. The Morgan fingerprint density at radius 3 is 2.61 bits per heavy atom. The van der Waals surface area contributed by atoms with E-state index in [9.17, 15) is 0 Å². The molecule has 0 aliphatic carbocycles. The SMILES string of the molecule is C=CN1CCCC1C(=C)NCC(NC)C(=C)NCCN1CCC1. The van der Waals surface area contributed by atoms with E-state index in [0.717, 1.165) is 44.0 Å². The summed E-state index contributed by atoms with van der Waals surface area (Å²) in [5.41, 5.74) is 2.12. The van der Waals surface area contributed by atoms with Crippen LogP contribution in [0.25, 0.3) is 0 Å². The highest BCUT2D eigenvalue weighted by Crippen LogP contribution is 2.21. The zero-order valence-corrected chi connectivity index (χ0v) is 14.6. The number of hydrogen-bond donors (Lipinski definition) is 3. The predicted molar refractivity (Wildman–Crippen MR) is 98.1 cm³/mol. The van der Waals surface area contributed by atoms with E-state index in [1.54, 1.807) is 0 Å². The van der Waals surface area contributed by atoms with Crippen LogP contribution in [0.4, 0.5) is 0 Å². The van der Waals surface area contributed by atoms with Crippen molar-refractivity contribution in [3.05, 3.63) is 37.3 Å². The van der Waals surface area contributed by atoms with Gasteiger partial charge in [-0.2, -0.15) is 0 Å². The second kappa shape index (κ2) is 8.99. The molecule has 23 heavy (non-hydrogen) atoms. The number of likely N-dealkylation sites (N-methyl/N-ethyl adjacent to an activating group) is 1. The topological polar surface area (TPSA) is 42.6 Å². The Balaban J connectivity index is 1.69. The van der Waals surface area contributed by atoms with Crippen molar-refractivity contribution >= 4 is 0 Å². The van der Waals surface area contributed by atoms with Crippen molar-refractivity contribution in [2.75, 3.05) is 46.3 Å². The van der Waals surface area contributed by atoms with Gasteiger partial charge in [0.2, 0.25) is 0 Å². The van der Waals surface area contributed by atoms with Crippen LogP contribution in [-0.2, 0) is 0 Å². The molecule has 2 heterocycles. The summed E-state index contributed by atoms with van der Waals surface area (Å²) < 4.78 is 0. The lowest BCUT2D eigenvalue weighted by Gasteiger charge is -2.31. The van der Waals surface area contributed by atoms with Gasteiger partial charge in [0.25, 0.3) is 0 Å². The van der Waals surface area contributed by atoms with Crippen molar-refractivity contribution in [3.8, 4) is 0 Å². The van der Waals surface area contributed by atoms with Crippen molar-refractivity contribution in [2.24, 2.45) is 0 Å². The smallest absolute Gasteiger partial charge is 0.0677 e. The van der Waals surface area contributed by atoms with Crippen molar-refractivity contribution in [3.63, 3.8) is 0 Å². The van der Waals surface area contributed by atoms with Gasteiger partial charge in [-0.05, 0) is 45.6 Å². The van der Waals surface area contributed by atoms with E-state index in [1.807, 2.05) is 13.2 Å². The Kier molecular flexibility index (Phi) is 6.99. The van der Waals surface area contributed by atoms with Gasteiger partial charge in [-0.3, -0.25) is 0 Å². The molecule has 0 aromatic carbocycles. The molecule has 2 atom stereocenters. The summed E-state index contributed by atoms with van der Waals surface area (Å²) in [5.74, 6) is 0. The van der Waals surface area contributed by atoms with E-state index in [4.69, 9.17) is 0 Å². The maximum Gasteiger partial charge on any atom is 0.0677 e. The molecular formula is C18H33N5. The first-order valence-corrected chi connectivity index (χ1v) is 8.79. The second-order valence-electron chi connectivity index (χ2n) is 6.47. The van der Waals surface area contributed by atoms with Crippen LogP contribution in [0, 0.1) is 0 Å². The van der Waals surface area contributed by atoms with Gasteiger partial charge in [-0.15, -0.1) is 0 Å². The molecule has 2 saturated heterocycles. The predicted octanol–water partition coefficient (Wildman–Crippen LogP) is 1.09. The molecule has 2 unspecified atom stereocenters. The van der Waals surface area contributed by atoms with E-state index in [-0.39, 0.29) is 6.04 Å². The summed E-state index contributed by atoms with van der Waals surface area (Å²) >= 11 is 0. The number of nitrogens with one attached hydrogen (secondary N) is 3. The minimum atomic E-state index is 0.196.